The number of hydroxylamine groups is 1. The average molecular weight is 226 g/mol. The van der Waals surface area contributed by atoms with Crippen molar-refractivity contribution in [2.75, 3.05) is 5.06 Å². The molecule has 0 amide bonds. The first-order chi connectivity index (χ1) is 7.06. The molecule has 0 aliphatic rings. The van der Waals surface area contributed by atoms with Crippen molar-refractivity contribution in [3.8, 4) is 0 Å². The van der Waals surface area contributed by atoms with Gasteiger partial charge in [0.25, 0.3) is 0 Å². The zero-order valence-corrected chi connectivity index (χ0v) is 9.49. The van der Waals surface area contributed by atoms with Gasteiger partial charge in [-0.3, -0.25) is 0 Å². The van der Waals surface area contributed by atoms with Crippen LogP contribution in [0.4, 0.5) is 5.69 Å². The van der Waals surface area contributed by atoms with Crippen LogP contribution in [0.2, 0.25) is 0 Å². The molecular formula is C10H14N2O2S. The highest BCUT2D eigenvalue weighted by Gasteiger charge is 2.10. The Bertz CT molecular complexity index is 338. The Morgan fingerprint density at radius 1 is 1.40 bits per heavy atom. The summed E-state index contributed by atoms with van der Waals surface area (Å²) < 4.78 is 0. The second kappa shape index (κ2) is 5.06. The SMILES string of the molecule is CC(C)c1ccc(N(OO)C(N)=S)cc1. The van der Waals surface area contributed by atoms with Crippen molar-refractivity contribution < 1.29 is 10.2 Å². The van der Waals surface area contributed by atoms with Crippen molar-refractivity contribution in [1.29, 1.82) is 0 Å². The number of hydrogen-bond acceptors (Lipinski definition) is 3. The molecule has 0 saturated heterocycles. The van der Waals surface area contributed by atoms with Gasteiger partial charge in [-0.2, -0.15) is 5.06 Å². The van der Waals surface area contributed by atoms with Crippen LogP contribution in [-0.2, 0) is 4.99 Å². The molecule has 1 rings (SSSR count). The van der Waals surface area contributed by atoms with Gasteiger partial charge in [0.1, 0.15) is 0 Å². The number of thiocarbonyl (C=S) groups is 1. The summed E-state index contributed by atoms with van der Waals surface area (Å²) in [6.45, 7) is 4.20. The molecule has 0 radical (unpaired) electrons. The number of hydrogen-bond donors (Lipinski definition) is 2. The van der Waals surface area contributed by atoms with Crippen molar-refractivity contribution in [2.45, 2.75) is 19.8 Å². The van der Waals surface area contributed by atoms with Gasteiger partial charge in [0, 0.05) is 0 Å². The Hall–Kier alpha value is -1.17. The molecule has 0 heterocycles. The molecule has 5 heteroatoms. The third-order valence-corrected chi connectivity index (χ3v) is 2.24. The van der Waals surface area contributed by atoms with Gasteiger partial charge in [-0.25, -0.2) is 5.26 Å². The van der Waals surface area contributed by atoms with Crippen LogP contribution in [0, 0.1) is 0 Å². The number of rotatable bonds is 3. The highest BCUT2D eigenvalue weighted by molar-refractivity contribution is 7.80. The van der Waals surface area contributed by atoms with Gasteiger partial charge in [0.05, 0.1) is 5.69 Å². The molecule has 0 aromatic heterocycles. The largest absolute Gasteiger partial charge is 0.374 e. The zero-order valence-electron chi connectivity index (χ0n) is 8.68. The van der Waals surface area contributed by atoms with Crippen LogP contribution in [-0.4, -0.2) is 10.4 Å². The van der Waals surface area contributed by atoms with Gasteiger partial charge in [0.15, 0.2) is 5.11 Å². The first-order valence-electron chi connectivity index (χ1n) is 4.57. The summed E-state index contributed by atoms with van der Waals surface area (Å²) >= 11 is 4.70. The average Bonchev–Trinajstić information content (AvgIpc) is 2.19. The molecule has 1 aromatic rings. The molecular weight excluding hydrogens is 212 g/mol. The Labute approximate surface area is 94.1 Å². The van der Waals surface area contributed by atoms with Crippen LogP contribution in [0.25, 0.3) is 0 Å². The highest BCUT2D eigenvalue weighted by atomic mass is 32.1. The van der Waals surface area contributed by atoms with E-state index in [0.29, 0.717) is 11.6 Å². The van der Waals surface area contributed by atoms with E-state index in [4.69, 9.17) is 23.2 Å². The highest BCUT2D eigenvalue weighted by Crippen LogP contribution is 2.19. The third-order valence-electron chi connectivity index (χ3n) is 2.08. The Balaban J connectivity index is 2.92. The fraction of sp³-hybridized carbons (Fsp3) is 0.300. The van der Waals surface area contributed by atoms with Crippen molar-refractivity contribution in [3.63, 3.8) is 0 Å². The fourth-order valence-corrected chi connectivity index (χ4v) is 1.35. The van der Waals surface area contributed by atoms with Crippen LogP contribution < -0.4 is 10.8 Å². The lowest BCUT2D eigenvalue weighted by Crippen LogP contribution is -2.34. The van der Waals surface area contributed by atoms with E-state index in [2.05, 4.69) is 18.8 Å². The summed E-state index contributed by atoms with van der Waals surface area (Å²) in [5.74, 6) is 0.451. The van der Waals surface area contributed by atoms with Crippen LogP contribution in [0.1, 0.15) is 25.3 Å². The maximum atomic E-state index is 8.59. The molecule has 0 saturated carbocycles. The molecule has 82 valence electrons. The third kappa shape index (κ3) is 2.89. The molecule has 15 heavy (non-hydrogen) atoms. The van der Waals surface area contributed by atoms with E-state index in [1.165, 1.54) is 5.56 Å². The summed E-state index contributed by atoms with van der Waals surface area (Å²) in [6, 6.07) is 7.43. The Kier molecular flexibility index (Phi) is 4.02. The number of nitrogens with zero attached hydrogens (tertiary/aromatic N) is 1. The molecule has 0 fully saturated rings. The lowest BCUT2D eigenvalue weighted by atomic mass is 10.0. The molecule has 0 atom stereocenters. The molecule has 1 aromatic carbocycles. The molecule has 4 nitrogen and oxygen atoms in total. The number of benzene rings is 1. The van der Waals surface area contributed by atoms with Crippen LogP contribution >= 0.6 is 12.2 Å². The van der Waals surface area contributed by atoms with E-state index in [9.17, 15) is 0 Å². The summed E-state index contributed by atoms with van der Waals surface area (Å²) in [6.07, 6.45) is 0. The zero-order chi connectivity index (χ0) is 11.4. The first kappa shape index (κ1) is 11.9. The summed E-state index contributed by atoms with van der Waals surface area (Å²) in [4.78, 5) is 4.07. The maximum Gasteiger partial charge on any atom is 0.198 e. The van der Waals surface area contributed by atoms with Gasteiger partial charge in [-0.15, -0.1) is 4.99 Å². The first-order valence-corrected chi connectivity index (χ1v) is 4.98. The van der Waals surface area contributed by atoms with Crippen LogP contribution in [0.5, 0.6) is 0 Å². The van der Waals surface area contributed by atoms with E-state index in [1.807, 2.05) is 12.1 Å². The standard InChI is InChI=1S/C10H14N2O2S/c1-7(2)8-3-5-9(6-4-8)12(14-13)10(11)15/h3-7,13H,1-2H3,(H2,11,15). The second-order valence-electron chi connectivity index (χ2n) is 3.46. The predicted octanol–water partition coefficient (Wildman–Crippen LogP) is 2.26. The fourth-order valence-electron chi connectivity index (χ4n) is 1.21. The molecule has 0 unspecified atom stereocenters. The van der Waals surface area contributed by atoms with Crippen LogP contribution in [0.15, 0.2) is 24.3 Å². The summed E-state index contributed by atoms with van der Waals surface area (Å²) in [5, 5.41) is 9.51. The topological polar surface area (TPSA) is 58.7 Å². The number of anilines is 1. The van der Waals surface area contributed by atoms with E-state index in [1.54, 1.807) is 12.1 Å². The molecule has 0 bridgehead atoms. The summed E-state index contributed by atoms with van der Waals surface area (Å²) in [7, 11) is 0. The lowest BCUT2D eigenvalue weighted by molar-refractivity contribution is -0.240. The summed E-state index contributed by atoms with van der Waals surface area (Å²) in [5.41, 5.74) is 7.14. The van der Waals surface area contributed by atoms with Crippen molar-refractivity contribution >= 4 is 23.0 Å². The van der Waals surface area contributed by atoms with E-state index >= 15 is 0 Å². The van der Waals surface area contributed by atoms with Crippen molar-refractivity contribution in [2.24, 2.45) is 5.73 Å². The van der Waals surface area contributed by atoms with E-state index in [-0.39, 0.29) is 5.11 Å². The monoisotopic (exact) mass is 226 g/mol. The Morgan fingerprint density at radius 3 is 2.27 bits per heavy atom. The minimum Gasteiger partial charge on any atom is -0.374 e. The smallest absolute Gasteiger partial charge is 0.198 e. The van der Waals surface area contributed by atoms with Crippen LogP contribution in [0.3, 0.4) is 0 Å². The van der Waals surface area contributed by atoms with E-state index < -0.39 is 0 Å². The minimum atomic E-state index is -0.0465. The molecule has 0 aliphatic heterocycles. The Morgan fingerprint density at radius 2 is 1.93 bits per heavy atom. The van der Waals surface area contributed by atoms with Gasteiger partial charge in [-0.05, 0) is 35.8 Å². The van der Waals surface area contributed by atoms with Gasteiger partial charge in [0.2, 0.25) is 0 Å². The van der Waals surface area contributed by atoms with Crippen molar-refractivity contribution in [3.05, 3.63) is 29.8 Å². The van der Waals surface area contributed by atoms with Crippen molar-refractivity contribution in [1.82, 2.24) is 0 Å². The van der Waals surface area contributed by atoms with Gasteiger partial charge in [-0.1, -0.05) is 26.0 Å². The van der Waals surface area contributed by atoms with Gasteiger partial charge >= 0.3 is 0 Å². The quantitative estimate of drug-likeness (QED) is 0.470. The van der Waals surface area contributed by atoms with Gasteiger partial charge < -0.3 is 5.73 Å². The van der Waals surface area contributed by atoms with E-state index in [0.717, 1.165) is 5.06 Å². The molecule has 0 spiro atoms. The number of nitrogens with two attached hydrogens (primary N) is 1. The molecule has 3 N–H and O–H groups in total. The minimum absolute atomic E-state index is 0.0465. The molecule has 0 aliphatic carbocycles. The lowest BCUT2D eigenvalue weighted by Gasteiger charge is -2.17. The maximum absolute atomic E-state index is 8.59. The predicted molar refractivity (Wildman–Crippen MR) is 63.5 cm³/mol. The normalized spacial score (nSPS) is 10.4. The second-order valence-corrected chi connectivity index (χ2v) is 3.88.